The molecule has 0 spiro atoms. The highest BCUT2D eigenvalue weighted by Crippen LogP contribution is 2.26. The summed E-state index contributed by atoms with van der Waals surface area (Å²) in [5, 5.41) is 56.9. The normalized spacial score (nSPS) is 19.5. The lowest BCUT2D eigenvalue weighted by Gasteiger charge is -2.41. The largest absolute Gasteiger partial charge is 0.454 e. The van der Waals surface area contributed by atoms with Crippen molar-refractivity contribution >= 4 is 11.9 Å². The number of aliphatic hydroxyl groups excluding tert-OH is 5. The van der Waals surface area contributed by atoms with Gasteiger partial charge in [0, 0.05) is 6.42 Å². The van der Waals surface area contributed by atoms with E-state index < -0.39 is 67.4 Å². The Bertz CT molecular complexity index is 1280. The molecule has 8 unspecified atom stereocenters. The molecule has 11 nitrogen and oxygen atoms in total. The van der Waals surface area contributed by atoms with Crippen LogP contribution < -0.4 is 5.32 Å². The average Bonchev–Trinajstić information content (AvgIpc) is 3.39. The summed E-state index contributed by atoms with van der Waals surface area (Å²) in [5.74, 6) is -1.19. The molecule has 8 atom stereocenters. The van der Waals surface area contributed by atoms with Crippen molar-refractivity contribution in [3.05, 3.63) is 24.3 Å². The van der Waals surface area contributed by atoms with E-state index in [0.29, 0.717) is 19.3 Å². The van der Waals surface area contributed by atoms with E-state index >= 15 is 0 Å². The van der Waals surface area contributed by atoms with Crippen molar-refractivity contribution < 1.29 is 49.3 Å². The molecule has 0 aromatic rings. The van der Waals surface area contributed by atoms with Gasteiger partial charge in [-0.15, -0.1) is 0 Å². The van der Waals surface area contributed by atoms with Crippen LogP contribution in [0, 0.1) is 0 Å². The van der Waals surface area contributed by atoms with E-state index in [4.69, 9.17) is 14.2 Å². The van der Waals surface area contributed by atoms with Gasteiger partial charge in [-0.3, -0.25) is 9.59 Å². The van der Waals surface area contributed by atoms with Crippen molar-refractivity contribution in [3.63, 3.8) is 0 Å². The fraction of sp³-hybridized carbons (Fsp3) is 0.903. The van der Waals surface area contributed by atoms with Crippen LogP contribution in [0.25, 0.3) is 0 Å². The first-order valence-corrected chi connectivity index (χ1v) is 31.1. The molecule has 1 rings (SSSR count). The highest BCUT2D eigenvalue weighted by Gasteiger charge is 2.47. The van der Waals surface area contributed by atoms with E-state index in [2.05, 4.69) is 38.2 Å². The third-order valence-corrected chi connectivity index (χ3v) is 14.9. The summed E-state index contributed by atoms with van der Waals surface area (Å²) < 4.78 is 17.6. The van der Waals surface area contributed by atoms with Crippen LogP contribution in [0.2, 0.25) is 0 Å². The van der Waals surface area contributed by atoms with E-state index in [9.17, 15) is 35.1 Å². The SMILES string of the molecule is CCCC/C=C\CCCCCCCC(=O)OC1C(OCC(NC(=O)C(O)CCCCCCCCCCCCCCCCCCCCCC)C(O)/C=C/CCCCCCCCCCCCC)OC(CO)C(O)C1O. The summed E-state index contributed by atoms with van der Waals surface area (Å²) in [4.78, 5) is 26.5. The van der Waals surface area contributed by atoms with Gasteiger partial charge in [-0.1, -0.05) is 270 Å². The molecular formula is C62H117NO10. The maximum Gasteiger partial charge on any atom is 0.306 e. The maximum absolute atomic E-state index is 13.4. The maximum atomic E-state index is 13.4. The van der Waals surface area contributed by atoms with Crippen LogP contribution in [0.4, 0.5) is 0 Å². The van der Waals surface area contributed by atoms with Gasteiger partial charge in [-0.2, -0.15) is 0 Å². The number of allylic oxidation sites excluding steroid dienone is 3. The van der Waals surface area contributed by atoms with Crippen LogP contribution >= 0.6 is 0 Å². The molecule has 0 bridgehead atoms. The van der Waals surface area contributed by atoms with E-state index in [0.717, 1.165) is 77.0 Å². The molecule has 0 aliphatic carbocycles. The Balaban J connectivity index is 2.65. The molecule has 1 saturated heterocycles. The minimum absolute atomic E-state index is 0.116. The Kier molecular flexibility index (Phi) is 48.2. The van der Waals surface area contributed by atoms with Crippen LogP contribution in [-0.4, -0.2) is 99.6 Å². The van der Waals surface area contributed by atoms with E-state index in [1.165, 1.54) is 173 Å². The highest BCUT2D eigenvalue weighted by molar-refractivity contribution is 5.80. The molecule has 0 aromatic carbocycles. The predicted molar refractivity (Wildman–Crippen MR) is 301 cm³/mol. The van der Waals surface area contributed by atoms with Crippen LogP contribution in [0.1, 0.15) is 297 Å². The third kappa shape index (κ3) is 39.2. The Morgan fingerprint density at radius 2 is 0.918 bits per heavy atom. The Labute approximate surface area is 448 Å². The fourth-order valence-corrected chi connectivity index (χ4v) is 9.87. The number of hydrogen-bond donors (Lipinski definition) is 6. The molecule has 430 valence electrons. The number of hydrogen-bond acceptors (Lipinski definition) is 10. The quantitative estimate of drug-likeness (QED) is 0.0195. The zero-order valence-corrected chi connectivity index (χ0v) is 47.5. The van der Waals surface area contributed by atoms with Crippen molar-refractivity contribution in [2.75, 3.05) is 13.2 Å². The first-order chi connectivity index (χ1) is 35.7. The summed E-state index contributed by atoms with van der Waals surface area (Å²) in [5.41, 5.74) is 0. The van der Waals surface area contributed by atoms with Crippen LogP contribution in [-0.2, 0) is 23.8 Å². The molecule has 0 radical (unpaired) electrons. The smallest absolute Gasteiger partial charge is 0.306 e. The molecule has 1 aliphatic heterocycles. The topological polar surface area (TPSA) is 175 Å². The van der Waals surface area contributed by atoms with Crippen molar-refractivity contribution in [3.8, 4) is 0 Å². The van der Waals surface area contributed by atoms with Gasteiger partial charge in [0.2, 0.25) is 5.91 Å². The van der Waals surface area contributed by atoms with E-state index in [1.54, 1.807) is 6.08 Å². The first-order valence-electron chi connectivity index (χ1n) is 31.1. The van der Waals surface area contributed by atoms with E-state index in [-0.39, 0.29) is 13.0 Å². The number of carbonyl (C=O) groups excluding carboxylic acids is 2. The standard InChI is InChI=1S/C62H117NO10/c1-4-7-10-13-16-19-22-24-25-26-27-28-29-30-32-35-37-40-43-46-49-55(66)61(70)63-53(54(65)48-45-42-39-36-34-31-23-20-17-14-11-8-5-2)52-71-62-60(59(69)58(68)56(51-64)72-62)73-57(67)50-47-44-41-38-33-21-18-15-12-9-6-3/h15,18,45,48,53-56,58-60,62,64-66,68-69H,4-14,16-17,19-44,46-47,49-52H2,1-3H3,(H,63,70)/b18-15-,48-45+. The summed E-state index contributed by atoms with van der Waals surface area (Å²) in [6.07, 6.45) is 48.0. The number of amides is 1. The first kappa shape index (κ1) is 69.2. The number of ether oxygens (including phenoxy) is 3. The van der Waals surface area contributed by atoms with Gasteiger partial charge in [0.1, 0.15) is 24.4 Å². The second-order valence-electron chi connectivity index (χ2n) is 21.8. The van der Waals surface area contributed by atoms with Gasteiger partial charge >= 0.3 is 5.97 Å². The van der Waals surface area contributed by atoms with Gasteiger partial charge < -0.3 is 45.1 Å². The second-order valence-corrected chi connectivity index (χ2v) is 21.8. The summed E-state index contributed by atoms with van der Waals surface area (Å²) in [6, 6.07) is -1.02. The van der Waals surface area contributed by atoms with Gasteiger partial charge in [-0.05, 0) is 44.9 Å². The molecule has 73 heavy (non-hydrogen) atoms. The molecule has 11 heteroatoms. The number of nitrogens with one attached hydrogen (secondary N) is 1. The average molecular weight is 1040 g/mol. The number of unbranched alkanes of at least 4 members (excludes halogenated alkanes) is 37. The minimum Gasteiger partial charge on any atom is -0.454 e. The molecule has 1 amide bonds. The van der Waals surface area contributed by atoms with E-state index in [1.807, 2.05) is 6.08 Å². The molecule has 0 saturated carbocycles. The van der Waals surface area contributed by atoms with Gasteiger partial charge in [-0.25, -0.2) is 0 Å². The minimum atomic E-state index is -1.61. The number of carbonyl (C=O) groups is 2. The zero-order chi connectivity index (χ0) is 53.3. The third-order valence-electron chi connectivity index (χ3n) is 14.9. The molecular weight excluding hydrogens is 919 g/mol. The lowest BCUT2D eigenvalue weighted by molar-refractivity contribution is -0.305. The fourth-order valence-electron chi connectivity index (χ4n) is 9.87. The Morgan fingerprint density at radius 1 is 0.521 bits per heavy atom. The summed E-state index contributed by atoms with van der Waals surface area (Å²) >= 11 is 0. The van der Waals surface area contributed by atoms with Crippen molar-refractivity contribution in [2.24, 2.45) is 0 Å². The number of rotatable bonds is 53. The summed E-state index contributed by atoms with van der Waals surface area (Å²) in [6.45, 7) is 5.77. The zero-order valence-electron chi connectivity index (χ0n) is 47.5. The van der Waals surface area contributed by atoms with Crippen LogP contribution in [0.5, 0.6) is 0 Å². The monoisotopic (exact) mass is 1040 g/mol. The molecule has 6 N–H and O–H groups in total. The number of esters is 1. The Morgan fingerprint density at radius 3 is 1.37 bits per heavy atom. The summed E-state index contributed by atoms with van der Waals surface area (Å²) in [7, 11) is 0. The van der Waals surface area contributed by atoms with Crippen molar-refractivity contribution in [1.82, 2.24) is 5.32 Å². The van der Waals surface area contributed by atoms with Gasteiger partial charge in [0.15, 0.2) is 12.4 Å². The predicted octanol–water partition coefficient (Wildman–Crippen LogP) is 14.5. The molecule has 0 aromatic heterocycles. The van der Waals surface area contributed by atoms with Crippen LogP contribution in [0.3, 0.4) is 0 Å². The lowest BCUT2D eigenvalue weighted by atomic mass is 9.99. The van der Waals surface area contributed by atoms with Crippen molar-refractivity contribution in [2.45, 2.75) is 346 Å². The number of aliphatic hydroxyl groups is 5. The Hall–Kier alpha value is -1.86. The van der Waals surface area contributed by atoms with Crippen molar-refractivity contribution in [1.29, 1.82) is 0 Å². The second kappa shape index (κ2) is 50.9. The molecule has 1 heterocycles. The molecule has 1 fully saturated rings. The highest BCUT2D eigenvalue weighted by atomic mass is 16.7. The lowest BCUT2D eigenvalue weighted by Crippen LogP contribution is -2.61. The van der Waals surface area contributed by atoms with Crippen LogP contribution in [0.15, 0.2) is 24.3 Å². The molecule has 1 aliphatic rings. The van der Waals surface area contributed by atoms with Gasteiger partial charge in [0.25, 0.3) is 0 Å². The van der Waals surface area contributed by atoms with Gasteiger partial charge in [0.05, 0.1) is 25.4 Å².